The number of nitrogens with one attached hydrogen (secondary N) is 1. The molecule has 0 aliphatic carbocycles. The van der Waals surface area contributed by atoms with E-state index in [1.165, 1.54) is 0 Å². The van der Waals surface area contributed by atoms with Crippen molar-refractivity contribution in [1.29, 1.82) is 0 Å². The summed E-state index contributed by atoms with van der Waals surface area (Å²) in [7, 11) is 0. The van der Waals surface area contributed by atoms with Crippen LogP contribution in [0.5, 0.6) is 0 Å². The van der Waals surface area contributed by atoms with Crippen molar-refractivity contribution in [3.05, 3.63) is 0 Å². The largest absolute Gasteiger partial charge is 0.465 e. The molecule has 0 aromatic heterocycles. The Labute approximate surface area is 109 Å². The van der Waals surface area contributed by atoms with Gasteiger partial charge < -0.3 is 35.6 Å². The Morgan fingerprint density at radius 2 is 1.74 bits per heavy atom. The number of carbonyl (C=O) groups is 2. The zero-order valence-corrected chi connectivity index (χ0v) is 10.4. The first-order chi connectivity index (χ1) is 8.84. The number of ether oxygens (including phenoxy) is 1. The van der Waals surface area contributed by atoms with Gasteiger partial charge in [0.1, 0.15) is 24.9 Å². The summed E-state index contributed by atoms with van der Waals surface area (Å²) in [6.45, 7) is 0.344. The third kappa shape index (κ3) is 5.94. The first-order valence-electron chi connectivity index (χ1n) is 5.61. The lowest BCUT2D eigenvalue weighted by atomic mass is 10.0. The topological polar surface area (TPSA) is 157 Å². The zero-order valence-electron chi connectivity index (χ0n) is 10.4. The Balaban J connectivity index is 4.28. The number of hydrogen-bond acceptors (Lipinski definition) is 8. The number of amides is 1. The van der Waals surface area contributed by atoms with Gasteiger partial charge in [-0.25, -0.2) is 0 Å². The standard InChI is InChI=1S/C10H19NO8/c1-2-19-6(14)3-11-10(18)9(17)8(16)7(15)5(13)4-12/h5,7-9,12-13,15-17H,2-4H2,1H3,(H,11,18)/t5-,7-,8-,9-/m1/s1. The maximum Gasteiger partial charge on any atom is 0.325 e. The predicted molar refractivity (Wildman–Crippen MR) is 60.8 cm³/mol. The van der Waals surface area contributed by atoms with E-state index in [9.17, 15) is 24.9 Å². The number of aliphatic hydroxyl groups excluding tert-OH is 5. The minimum Gasteiger partial charge on any atom is -0.465 e. The highest BCUT2D eigenvalue weighted by molar-refractivity contribution is 5.85. The number of aliphatic hydroxyl groups is 5. The second-order valence-corrected chi connectivity index (χ2v) is 3.70. The minimum atomic E-state index is -2.06. The van der Waals surface area contributed by atoms with Crippen LogP contribution in [0.1, 0.15) is 6.92 Å². The Bertz CT molecular complexity index is 297. The molecule has 0 aromatic carbocycles. The molecule has 0 heterocycles. The maximum absolute atomic E-state index is 11.3. The van der Waals surface area contributed by atoms with Gasteiger partial charge in [0.05, 0.1) is 13.2 Å². The molecule has 112 valence electrons. The van der Waals surface area contributed by atoms with Crippen LogP contribution in [0.2, 0.25) is 0 Å². The average molecular weight is 281 g/mol. The maximum atomic E-state index is 11.3. The van der Waals surface area contributed by atoms with E-state index >= 15 is 0 Å². The highest BCUT2D eigenvalue weighted by atomic mass is 16.5. The fourth-order valence-electron chi connectivity index (χ4n) is 1.15. The molecular weight excluding hydrogens is 262 g/mol. The smallest absolute Gasteiger partial charge is 0.325 e. The molecule has 1 amide bonds. The third-order valence-corrected chi connectivity index (χ3v) is 2.24. The quantitative estimate of drug-likeness (QED) is 0.246. The van der Waals surface area contributed by atoms with Crippen molar-refractivity contribution in [2.75, 3.05) is 19.8 Å². The van der Waals surface area contributed by atoms with Crippen LogP contribution in [0, 0.1) is 0 Å². The summed E-state index contributed by atoms with van der Waals surface area (Å²) in [5.74, 6) is -1.85. The predicted octanol–water partition coefficient (Wildman–Crippen LogP) is -3.90. The van der Waals surface area contributed by atoms with E-state index in [2.05, 4.69) is 4.74 Å². The normalized spacial score (nSPS) is 17.2. The van der Waals surface area contributed by atoms with Crippen molar-refractivity contribution < 1.29 is 39.9 Å². The van der Waals surface area contributed by atoms with E-state index in [4.69, 9.17) is 10.2 Å². The second-order valence-electron chi connectivity index (χ2n) is 3.70. The molecule has 0 aliphatic rings. The van der Waals surface area contributed by atoms with Gasteiger partial charge in [-0.1, -0.05) is 0 Å². The fraction of sp³-hybridized carbons (Fsp3) is 0.800. The van der Waals surface area contributed by atoms with Crippen molar-refractivity contribution >= 4 is 11.9 Å². The van der Waals surface area contributed by atoms with Gasteiger partial charge in [-0.2, -0.15) is 0 Å². The lowest BCUT2D eigenvalue weighted by Gasteiger charge is -2.24. The molecule has 0 fully saturated rings. The van der Waals surface area contributed by atoms with Crippen LogP contribution in [-0.2, 0) is 14.3 Å². The average Bonchev–Trinajstić information content (AvgIpc) is 2.41. The molecule has 0 rings (SSSR count). The van der Waals surface area contributed by atoms with Crippen molar-refractivity contribution in [2.24, 2.45) is 0 Å². The summed E-state index contributed by atoms with van der Waals surface area (Å²) in [4.78, 5) is 22.2. The van der Waals surface area contributed by atoms with Crippen LogP contribution >= 0.6 is 0 Å². The molecule has 0 saturated heterocycles. The number of rotatable bonds is 8. The Morgan fingerprint density at radius 1 is 1.16 bits per heavy atom. The number of carbonyl (C=O) groups excluding carboxylic acids is 2. The molecule has 0 aliphatic heterocycles. The third-order valence-electron chi connectivity index (χ3n) is 2.24. The highest BCUT2D eigenvalue weighted by Crippen LogP contribution is 2.05. The molecule has 0 aromatic rings. The minimum absolute atomic E-state index is 0.126. The van der Waals surface area contributed by atoms with Crippen molar-refractivity contribution in [3.8, 4) is 0 Å². The van der Waals surface area contributed by atoms with Crippen LogP contribution in [0.25, 0.3) is 0 Å². The molecule has 0 bridgehead atoms. The lowest BCUT2D eigenvalue weighted by molar-refractivity contribution is -0.152. The molecule has 6 N–H and O–H groups in total. The Morgan fingerprint density at radius 3 is 2.21 bits per heavy atom. The van der Waals surface area contributed by atoms with Crippen molar-refractivity contribution in [1.82, 2.24) is 5.32 Å². The molecular formula is C10H19NO8. The first-order valence-corrected chi connectivity index (χ1v) is 5.61. The van der Waals surface area contributed by atoms with E-state index in [0.717, 1.165) is 0 Å². The molecule has 9 heteroatoms. The summed E-state index contributed by atoms with van der Waals surface area (Å²) in [5, 5.41) is 47.6. The fourth-order valence-corrected chi connectivity index (χ4v) is 1.15. The van der Waals surface area contributed by atoms with Crippen LogP contribution in [-0.4, -0.2) is 81.6 Å². The Hall–Kier alpha value is -1.26. The van der Waals surface area contributed by atoms with Crippen LogP contribution < -0.4 is 5.32 Å². The van der Waals surface area contributed by atoms with E-state index < -0.39 is 49.4 Å². The van der Waals surface area contributed by atoms with E-state index in [-0.39, 0.29) is 6.61 Å². The molecule has 0 saturated carbocycles. The summed E-state index contributed by atoms with van der Waals surface area (Å²) in [6.07, 6.45) is -7.69. The molecule has 19 heavy (non-hydrogen) atoms. The first kappa shape index (κ1) is 17.7. The summed E-state index contributed by atoms with van der Waals surface area (Å²) in [5.41, 5.74) is 0. The van der Waals surface area contributed by atoms with Gasteiger partial charge >= 0.3 is 5.97 Å². The Kier molecular flexibility index (Phi) is 8.19. The van der Waals surface area contributed by atoms with Gasteiger partial charge in [0.15, 0.2) is 6.10 Å². The molecule has 4 atom stereocenters. The van der Waals surface area contributed by atoms with E-state index in [0.29, 0.717) is 0 Å². The summed E-state index contributed by atoms with van der Waals surface area (Å²) in [6, 6.07) is 0. The molecule has 0 radical (unpaired) electrons. The van der Waals surface area contributed by atoms with Gasteiger partial charge in [-0.3, -0.25) is 9.59 Å². The monoisotopic (exact) mass is 281 g/mol. The van der Waals surface area contributed by atoms with Gasteiger partial charge in [-0.15, -0.1) is 0 Å². The van der Waals surface area contributed by atoms with Gasteiger partial charge in [-0.05, 0) is 6.92 Å². The number of hydrogen-bond donors (Lipinski definition) is 6. The SMILES string of the molecule is CCOC(=O)CNC(=O)[C@H](O)[C@H](O)[C@H](O)[C@H](O)CO. The molecule has 0 spiro atoms. The van der Waals surface area contributed by atoms with E-state index in [1.807, 2.05) is 5.32 Å². The summed E-state index contributed by atoms with van der Waals surface area (Å²) >= 11 is 0. The second kappa shape index (κ2) is 8.77. The van der Waals surface area contributed by atoms with Gasteiger partial charge in [0.25, 0.3) is 5.91 Å². The molecule has 9 nitrogen and oxygen atoms in total. The highest BCUT2D eigenvalue weighted by Gasteiger charge is 2.34. The van der Waals surface area contributed by atoms with Crippen molar-refractivity contribution in [3.63, 3.8) is 0 Å². The van der Waals surface area contributed by atoms with E-state index in [1.54, 1.807) is 6.92 Å². The van der Waals surface area contributed by atoms with Gasteiger partial charge in [0, 0.05) is 0 Å². The molecule has 0 unspecified atom stereocenters. The van der Waals surface area contributed by atoms with Crippen LogP contribution in [0.4, 0.5) is 0 Å². The van der Waals surface area contributed by atoms with Crippen LogP contribution in [0.15, 0.2) is 0 Å². The van der Waals surface area contributed by atoms with Crippen molar-refractivity contribution in [2.45, 2.75) is 31.3 Å². The summed E-state index contributed by atoms with van der Waals surface area (Å²) < 4.78 is 4.52. The number of esters is 1. The van der Waals surface area contributed by atoms with Gasteiger partial charge in [0.2, 0.25) is 0 Å². The zero-order chi connectivity index (χ0) is 15.0. The lowest BCUT2D eigenvalue weighted by Crippen LogP contribution is -2.52. The van der Waals surface area contributed by atoms with Crippen LogP contribution in [0.3, 0.4) is 0 Å².